The molecule has 0 spiro atoms. The van der Waals surface area contributed by atoms with E-state index in [9.17, 15) is 9.90 Å². The molecule has 1 aromatic heterocycles. The van der Waals surface area contributed by atoms with Crippen LogP contribution in [0.1, 0.15) is 28.9 Å². The Morgan fingerprint density at radius 3 is 2.72 bits per heavy atom. The minimum Gasteiger partial charge on any atom is -0.488 e. The Hall–Kier alpha value is -3.11. The number of aliphatic hydroxyl groups excluding tert-OH is 1. The maximum Gasteiger partial charge on any atom is 0.337 e. The number of pyridine rings is 1. The standard InChI is InChI=1S/C22H23N3O4/c1-28-22(27)14-4-2-6-18(8-14)29-20-10-16-13-25(12-15(16)9-19(20)26)21-7-3-5-17(11-23)24-21/h2-8,15-16,19-20,26H,9-10,12-13H2,1H3/t15-,16+,19+,20+/m0/s1. The van der Waals surface area contributed by atoms with Gasteiger partial charge in [-0.3, -0.25) is 0 Å². The molecule has 1 saturated heterocycles. The molecule has 0 amide bonds. The largest absolute Gasteiger partial charge is 0.488 e. The van der Waals surface area contributed by atoms with Gasteiger partial charge in [-0.2, -0.15) is 5.26 Å². The fraction of sp³-hybridized carbons (Fsp3) is 0.409. The number of carbonyl (C=O) groups excluding carboxylic acids is 1. The number of methoxy groups -OCH3 is 1. The highest BCUT2D eigenvalue weighted by molar-refractivity contribution is 5.89. The van der Waals surface area contributed by atoms with Crippen LogP contribution in [-0.2, 0) is 4.74 Å². The van der Waals surface area contributed by atoms with Crippen LogP contribution in [0.4, 0.5) is 5.82 Å². The van der Waals surface area contributed by atoms with Crippen LogP contribution in [0.15, 0.2) is 42.5 Å². The predicted octanol–water partition coefficient (Wildman–Crippen LogP) is 2.39. The molecule has 4 atom stereocenters. The number of aliphatic hydroxyl groups is 1. The highest BCUT2D eigenvalue weighted by Crippen LogP contribution is 2.39. The lowest BCUT2D eigenvalue weighted by molar-refractivity contribution is -0.0231. The Labute approximate surface area is 169 Å². The first kappa shape index (κ1) is 19.2. The SMILES string of the molecule is COC(=O)c1cccc(O[C@@H]2C[C@@H]3CN(c4cccc(C#N)n4)C[C@@H]3C[C@H]2O)c1. The molecule has 1 saturated carbocycles. The number of hydrogen-bond acceptors (Lipinski definition) is 7. The predicted molar refractivity (Wildman–Crippen MR) is 106 cm³/mol. The van der Waals surface area contributed by atoms with E-state index in [4.69, 9.17) is 14.7 Å². The molecule has 7 heteroatoms. The lowest BCUT2D eigenvalue weighted by Crippen LogP contribution is -2.42. The first-order valence-corrected chi connectivity index (χ1v) is 9.72. The summed E-state index contributed by atoms with van der Waals surface area (Å²) in [5, 5.41) is 19.7. The molecule has 0 radical (unpaired) electrons. The third-order valence-electron chi connectivity index (χ3n) is 5.80. The molecule has 2 heterocycles. The zero-order valence-electron chi connectivity index (χ0n) is 16.2. The van der Waals surface area contributed by atoms with Crippen molar-refractivity contribution in [2.75, 3.05) is 25.1 Å². The van der Waals surface area contributed by atoms with E-state index in [-0.39, 0.29) is 6.10 Å². The summed E-state index contributed by atoms with van der Waals surface area (Å²) < 4.78 is 10.8. The lowest BCUT2D eigenvalue weighted by Gasteiger charge is -2.35. The molecule has 7 nitrogen and oxygen atoms in total. The van der Waals surface area contributed by atoms with Crippen molar-refractivity contribution in [1.29, 1.82) is 5.26 Å². The minimum absolute atomic E-state index is 0.331. The summed E-state index contributed by atoms with van der Waals surface area (Å²) in [6.45, 7) is 1.63. The van der Waals surface area contributed by atoms with Gasteiger partial charge in [0, 0.05) is 13.1 Å². The summed E-state index contributed by atoms with van der Waals surface area (Å²) in [4.78, 5) is 18.3. The number of nitrogens with zero attached hydrogens (tertiary/aromatic N) is 3. The number of aromatic nitrogens is 1. The fourth-order valence-corrected chi connectivity index (χ4v) is 4.35. The number of rotatable bonds is 4. The zero-order chi connectivity index (χ0) is 20.4. The van der Waals surface area contributed by atoms with E-state index in [1.54, 1.807) is 30.3 Å². The smallest absolute Gasteiger partial charge is 0.337 e. The highest BCUT2D eigenvalue weighted by Gasteiger charge is 2.43. The molecule has 1 aliphatic carbocycles. The van der Waals surface area contributed by atoms with E-state index in [2.05, 4.69) is 16.0 Å². The van der Waals surface area contributed by atoms with Gasteiger partial charge in [0.1, 0.15) is 29.4 Å². The van der Waals surface area contributed by atoms with Gasteiger partial charge in [0.2, 0.25) is 0 Å². The van der Waals surface area contributed by atoms with E-state index >= 15 is 0 Å². The van der Waals surface area contributed by atoms with E-state index in [1.807, 2.05) is 12.1 Å². The Kier molecular flexibility index (Phi) is 5.36. The van der Waals surface area contributed by atoms with E-state index in [0.29, 0.717) is 35.3 Å². The van der Waals surface area contributed by atoms with Crippen LogP contribution in [0.2, 0.25) is 0 Å². The number of nitriles is 1. The number of fused-ring (bicyclic) bond motifs is 1. The molecule has 0 bridgehead atoms. The van der Waals surface area contributed by atoms with E-state index in [0.717, 1.165) is 25.3 Å². The summed E-state index contributed by atoms with van der Waals surface area (Å²) in [5.74, 6) is 1.67. The Balaban J connectivity index is 1.44. The van der Waals surface area contributed by atoms with Gasteiger partial charge in [-0.05, 0) is 55.0 Å². The molecule has 2 aromatic rings. The third kappa shape index (κ3) is 4.03. The molecular weight excluding hydrogens is 370 g/mol. The van der Waals surface area contributed by atoms with Crippen molar-refractivity contribution < 1.29 is 19.4 Å². The van der Waals surface area contributed by atoms with Crippen molar-refractivity contribution in [3.8, 4) is 11.8 Å². The molecule has 1 N–H and O–H groups in total. The molecule has 2 fully saturated rings. The van der Waals surface area contributed by atoms with Crippen LogP contribution in [0.3, 0.4) is 0 Å². The van der Waals surface area contributed by atoms with Gasteiger partial charge in [0.15, 0.2) is 0 Å². The van der Waals surface area contributed by atoms with Gasteiger partial charge in [0.05, 0.1) is 18.8 Å². The van der Waals surface area contributed by atoms with Crippen LogP contribution < -0.4 is 9.64 Å². The summed E-state index contributed by atoms with van der Waals surface area (Å²) in [5.41, 5.74) is 0.827. The van der Waals surface area contributed by atoms with Gasteiger partial charge in [-0.15, -0.1) is 0 Å². The van der Waals surface area contributed by atoms with Crippen molar-refractivity contribution in [2.24, 2.45) is 11.8 Å². The third-order valence-corrected chi connectivity index (χ3v) is 5.80. The second-order valence-corrected chi connectivity index (χ2v) is 7.63. The normalized spacial score (nSPS) is 25.8. The van der Waals surface area contributed by atoms with Crippen molar-refractivity contribution >= 4 is 11.8 Å². The first-order chi connectivity index (χ1) is 14.1. The molecule has 4 rings (SSSR count). The number of carbonyl (C=O) groups is 1. The Morgan fingerprint density at radius 2 is 1.97 bits per heavy atom. The van der Waals surface area contributed by atoms with Crippen LogP contribution in [0.25, 0.3) is 0 Å². The molecule has 1 aromatic carbocycles. The van der Waals surface area contributed by atoms with Crippen molar-refractivity contribution in [3.05, 3.63) is 53.7 Å². The van der Waals surface area contributed by atoms with Gasteiger partial charge < -0.3 is 19.5 Å². The van der Waals surface area contributed by atoms with Gasteiger partial charge in [0.25, 0.3) is 0 Å². The topological polar surface area (TPSA) is 95.7 Å². The summed E-state index contributed by atoms with van der Waals surface area (Å²) in [7, 11) is 1.34. The molecule has 1 aliphatic heterocycles. The van der Waals surface area contributed by atoms with Gasteiger partial charge >= 0.3 is 5.97 Å². The van der Waals surface area contributed by atoms with Crippen molar-refractivity contribution in [3.63, 3.8) is 0 Å². The van der Waals surface area contributed by atoms with Gasteiger partial charge in [-0.25, -0.2) is 9.78 Å². The average Bonchev–Trinajstić information content (AvgIpc) is 3.16. The van der Waals surface area contributed by atoms with Crippen LogP contribution >= 0.6 is 0 Å². The number of ether oxygens (including phenoxy) is 2. The second kappa shape index (κ2) is 8.10. The molecule has 29 heavy (non-hydrogen) atoms. The highest BCUT2D eigenvalue weighted by atomic mass is 16.5. The number of esters is 1. The van der Waals surface area contributed by atoms with Crippen molar-refractivity contribution in [2.45, 2.75) is 25.0 Å². The zero-order valence-corrected chi connectivity index (χ0v) is 16.2. The van der Waals surface area contributed by atoms with Crippen LogP contribution in [0, 0.1) is 23.2 Å². The van der Waals surface area contributed by atoms with Crippen molar-refractivity contribution in [1.82, 2.24) is 4.98 Å². The second-order valence-electron chi connectivity index (χ2n) is 7.63. The quantitative estimate of drug-likeness (QED) is 0.797. The first-order valence-electron chi connectivity index (χ1n) is 9.72. The molecule has 0 unspecified atom stereocenters. The van der Waals surface area contributed by atoms with E-state index in [1.165, 1.54) is 7.11 Å². The summed E-state index contributed by atoms with van der Waals surface area (Å²) in [6.07, 6.45) is 0.474. The Morgan fingerprint density at radius 1 is 1.21 bits per heavy atom. The van der Waals surface area contributed by atoms with Crippen LogP contribution in [0.5, 0.6) is 5.75 Å². The summed E-state index contributed by atoms with van der Waals surface area (Å²) >= 11 is 0. The molecule has 2 aliphatic rings. The lowest BCUT2D eigenvalue weighted by atomic mass is 9.78. The van der Waals surface area contributed by atoms with Crippen LogP contribution in [-0.4, -0.2) is 48.5 Å². The van der Waals surface area contributed by atoms with Gasteiger partial charge in [-0.1, -0.05) is 12.1 Å². The number of benzene rings is 1. The minimum atomic E-state index is -0.573. The fourth-order valence-electron chi connectivity index (χ4n) is 4.35. The average molecular weight is 393 g/mol. The summed E-state index contributed by atoms with van der Waals surface area (Å²) in [6, 6.07) is 14.4. The Bertz CT molecular complexity index is 942. The molecular formula is C22H23N3O4. The number of hydrogen-bond donors (Lipinski definition) is 1. The maximum atomic E-state index is 11.7. The number of anilines is 1. The molecule has 150 valence electrons. The monoisotopic (exact) mass is 393 g/mol. The maximum absolute atomic E-state index is 11.7. The van der Waals surface area contributed by atoms with E-state index < -0.39 is 12.1 Å².